The summed E-state index contributed by atoms with van der Waals surface area (Å²) in [6.45, 7) is 2.03. The minimum Gasteiger partial charge on any atom is -0.351 e. The van der Waals surface area contributed by atoms with E-state index in [1.54, 1.807) is 6.08 Å². The molecule has 2 amide bonds. The molecule has 2 aliphatic rings. The van der Waals surface area contributed by atoms with Gasteiger partial charge >= 0.3 is 0 Å². The zero-order chi connectivity index (χ0) is 20.4. The van der Waals surface area contributed by atoms with Gasteiger partial charge in [-0.1, -0.05) is 44.4 Å². The first-order valence-corrected chi connectivity index (χ1v) is 10.7. The number of nitrogens with one attached hydrogen (secondary N) is 1. The second-order valence-corrected chi connectivity index (χ2v) is 8.01. The average Bonchev–Trinajstić information content (AvgIpc) is 3.21. The number of carbonyl (C=O) groups excluding carboxylic acids is 2. The molecule has 1 saturated carbocycles. The van der Waals surface area contributed by atoms with Crippen LogP contribution in [0.25, 0.3) is 6.08 Å². The van der Waals surface area contributed by atoms with E-state index in [-0.39, 0.29) is 16.6 Å². The highest BCUT2D eigenvalue weighted by Crippen LogP contribution is 2.29. The number of rotatable bonds is 4. The summed E-state index contributed by atoms with van der Waals surface area (Å²) in [7, 11) is 0. The molecule has 2 heterocycles. The van der Waals surface area contributed by atoms with Gasteiger partial charge in [-0.3, -0.25) is 19.8 Å². The van der Waals surface area contributed by atoms with Gasteiger partial charge in [0.1, 0.15) is 5.57 Å². The molecule has 2 aromatic rings. The van der Waals surface area contributed by atoms with Crippen LogP contribution in [-0.4, -0.2) is 21.5 Å². The number of thiocarbonyl (C=S) groups is 1. The van der Waals surface area contributed by atoms with Crippen molar-refractivity contribution in [2.75, 3.05) is 4.90 Å². The van der Waals surface area contributed by atoms with Crippen LogP contribution in [0.1, 0.15) is 56.2 Å². The lowest BCUT2D eigenvalue weighted by Gasteiger charge is -2.30. The smallest absolute Gasteiger partial charge is 0.270 e. The van der Waals surface area contributed by atoms with Gasteiger partial charge in [-0.2, -0.15) is 0 Å². The van der Waals surface area contributed by atoms with Crippen molar-refractivity contribution in [3.8, 4) is 0 Å². The predicted octanol–water partition coefficient (Wildman–Crippen LogP) is 4.39. The highest BCUT2D eigenvalue weighted by atomic mass is 32.1. The van der Waals surface area contributed by atoms with Crippen molar-refractivity contribution in [2.24, 2.45) is 0 Å². The summed E-state index contributed by atoms with van der Waals surface area (Å²) < 4.78 is 2.21. The Morgan fingerprint density at radius 1 is 1.14 bits per heavy atom. The number of carbonyl (C=O) groups is 2. The number of benzene rings is 1. The number of amides is 2. The lowest BCUT2D eigenvalue weighted by Crippen LogP contribution is -2.54. The van der Waals surface area contributed by atoms with E-state index in [9.17, 15) is 9.59 Å². The molecule has 1 aromatic carbocycles. The number of para-hydroxylation sites is 1. The third-order valence-electron chi connectivity index (χ3n) is 5.76. The maximum Gasteiger partial charge on any atom is 0.270 e. The van der Waals surface area contributed by atoms with Crippen LogP contribution in [0.2, 0.25) is 0 Å². The SMILES string of the molecule is CCc1ccccc1N1C(=O)/C(=C\c2ccn(C3CCCCC3)c2)C(=O)NC1=S. The summed E-state index contributed by atoms with van der Waals surface area (Å²) in [5.74, 6) is -0.833. The summed E-state index contributed by atoms with van der Waals surface area (Å²) in [6, 6.07) is 10.1. The van der Waals surface area contributed by atoms with Crippen LogP contribution < -0.4 is 10.2 Å². The van der Waals surface area contributed by atoms with Crippen molar-refractivity contribution in [3.63, 3.8) is 0 Å². The number of aromatic nitrogens is 1. The Balaban J connectivity index is 1.64. The van der Waals surface area contributed by atoms with E-state index in [1.807, 2.05) is 49.6 Å². The average molecular weight is 408 g/mol. The van der Waals surface area contributed by atoms with E-state index in [2.05, 4.69) is 9.88 Å². The van der Waals surface area contributed by atoms with E-state index < -0.39 is 5.91 Å². The number of nitrogens with zero attached hydrogens (tertiary/aromatic N) is 2. The van der Waals surface area contributed by atoms with Crippen molar-refractivity contribution in [1.29, 1.82) is 0 Å². The molecule has 150 valence electrons. The summed E-state index contributed by atoms with van der Waals surface area (Å²) in [5, 5.41) is 2.80. The molecule has 1 aliphatic carbocycles. The van der Waals surface area contributed by atoms with Gasteiger partial charge in [-0.05, 0) is 60.8 Å². The maximum atomic E-state index is 13.2. The van der Waals surface area contributed by atoms with E-state index in [1.165, 1.54) is 37.0 Å². The molecule has 1 N–H and O–H groups in total. The Morgan fingerprint density at radius 2 is 1.90 bits per heavy atom. The summed E-state index contributed by atoms with van der Waals surface area (Å²) in [5.41, 5.74) is 2.68. The highest BCUT2D eigenvalue weighted by molar-refractivity contribution is 7.80. The normalized spacial score (nSPS) is 19.7. The molecule has 0 bridgehead atoms. The lowest BCUT2D eigenvalue weighted by molar-refractivity contribution is -0.122. The summed E-state index contributed by atoms with van der Waals surface area (Å²) >= 11 is 5.32. The van der Waals surface area contributed by atoms with E-state index in [0.29, 0.717) is 6.04 Å². The molecule has 0 unspecified atom stereocenters. The highest BCUT2D eigenvalue weighted by Gasteiger charge is 2.35. The van der Waals surface area contributed by atoms with Crippen LogP contribution in [0.15, 0.2) is 48.3 Å². The van der Waals surface area contributed by atoms with Gasteiger partial charge in [0.2, 0.25) is 0 Å². The number of hydrogen-bond acceptors (Lipinski definition) is 3. The molecule has 5 nitrogen and oxygen atoms in total. The van der Waals surface area contributed by atoms with E-state index in [4.69, 9.17) is 12.2 Å². The van der Waals surface area contributed by atoms with Crippen molar-refractivity contribution in [3.05, 3.63) is 59.4 Å². The number of anilines is 1. The quantitative estimate of drug-likeness (QED) is 0.465. The molecule has 0 spiro atoms. The molecule has 1 aliphatic heterocycles. The first kappa shape index (κ1) is 19.6. The zero-order valence-corrected chi connectivity index (χ0v) is 17.4. The largest absolute Gasteiger partial charge is 0.351 e. The molecular formula is C23H25N3O2S. The van der Waals surface area contributed by atoms with Crippen LogP contribution in [0.4, 0.5) is 5.69 Å². The van der Waals surface area contributed by atoms with Gasteiger partial charge in [0.25, 0.3) is 11.8 Å². The van der Waals surface area contributed by atoms with Crippen molar-refractivity contribution in [2.45, 2.75) is 51.5 Å². The van der Waals surface area contributed by atoms with Crippen molar-refractivity contribution in [1.82, 2.24) is 9.88 Å². The van der Waals surface area contributed by atoms with Gasteiger partial charge in [0, 0.05) is 18.4 Å². The maximum absolute atomic E-state index is 13.2. The van der Waals surface area contributed by atoms with Crippen LogP contribution in [0.3, 0.4) is 0 Å². The van der Waals surface area contributed by atoms with Crippen LogP contribution in [-0.2, 0) is 16.0 Å². The monoisotopic (exact) mass is 407 g/mol. The Kier molecular flexibility index (Phi) is 5.62. The molecule has 4 rings (SSSR count). The third-order valence-corrected chi connectivity index (χ3v) is 6.04. The summed E-state index contributed by atoms with van der Waals surface area (Å²) in [4.78, 5) is 27.2. The van der Waals surface area contributed by atoms with Crippen LogP contribution in [0.5, 0.6) is 0 Å². The fraction of sp³-hybridized carbons (Fsp3) is 0.348. The topological polar surface area (TPSA) is 54.3 Å². The minimum absolute atomic E-state index is 0.103. The van der Waals surface area contributed by atoms with Gasteiger partial charge < -0.3 is 4.57 Å². The number of aryl methyl sites for hydroxylation is 1. The lowest BCUT2D eigenvalue weighted by atomic mass is 9.95. The molecule has 1 aromatic heterocycles. The first-order chi connectivity index (χ1) is 14.1. The molecule has 29 heavy (non-hydrogen) atoms. The van der Waals surface area contributed by atoms with Crippen molar-refractivity contribution >= 4 is 40.9 Å². The first-order valence-electron chi connectivity index (χ1n) is 10.3. The Morgan fingerprint density at radius 3 is 2.66 bits per heavy atom. The van der Waals surface area contributed by atoms with E-state index in [0.717, 1.165) is 23.2 Å². The molecule has 6 heteroatoms. The van der Waals surface area contributed by atoms with Gasteiger partial charge in [-0.15, -0.1) is 0 Å². The Hall–Kier alpha value is -2.73. The standard InChI is InChI=1S/C23H25N3O2S/c1-2-17-8-6-7-11-20(17)26-22(28)19(21(27)24-23(26)29)14-16-12-13-25(15-16)18-9-4-3-5-10-18/h6-8,11-15,18H,2-5,9-10H2,1H3,(H,24,27,29)/b19-14-. The fourth-order valence-corrected chi connectivity index (χ4v) is 4.47. The fourth-order valence-electron chi connectivity index (χ4n) is 4.19. The van der Waals surface area contributed by atoms with Crippen LogP contribution in [0, 0.1) is 0 Å². The minimum atomic E-state index is -0.448. The molecule has 0 radical (unpaired) electrons. The Labute approximate surface area is 176 Å². The molecule has 2 fully saturated rings. The molecule has 0 atom stereocenters. The molecule has 1 saturated heterocycles. The third kappa shape index (κ3) is 3.90. The van der Waals surface area contributed by atoms with Gasteiger partial charge in [-0.25, -0.2) is 0 Å². The van der Waals surface area contributed by atoms with Crippen LogP contribution >= 0.6 is 12.2 Å². The van der Waals surface area contributed by atoms with Crippen molar-refractivity contribution < 1.29 is 9.59 Å². The summed E-state index contributed by atoms with van der Waals surface area (Å²) in [6.07, 6.45) is 12.7. The van der Waals surface area contributed by atoms with Gasteiger partial charge in [0.05, 0.1) is 5.69 Å². The zero-order valence-electron chi connectivity index (χ0n) is 16.6. The predicted molar refractivity (Wildman–Crippen MR) is 119 cm³/mol. The Bertz CT molecular complexity index is 986. The molecular weight excluding hydrogens is 382 g/mol. The number of hydrogen-bond donors (Lipinski definition) is 1. The van der Waals surface area contributed by atoms with E-state index >= 15 is 0 Å². The van der Waals surface area contributed by atoms with Gasteiger partial charge in [0.15, 0.2) is 5.11 Å². The second kappa shape index (κ2) is 8.33. The second-order valence-electron chi connectivity index (χ2n) is 7.62.